The first-order valence-corrected chi connectivity index (χ1v) is 11.2. The lowest BCUT2D eigenvalue weighted by Gasteiger charge is -2.31. The van der Waals surface area contributed by atoms with Crippen LogP contribution < -0.4 is 5.32 Å². The highest BCUT2D eigenvalue weighted by Crippen LogP contribution is 2.27. The minimum absolute atomic E-state index is 0.0451. The monoisotopic (exact) mass is 391 g/mol. The van der Waals surface area contributed by atoms with Gasteiger partial charge in [-0.15, -0.1) is 0 Å². The summed E-state index contributed by atoms with van der Waals surface area (Å²) < 4.78 is 29.7. The number of fused-ring (bicyclic) bond motifs is 1. The summed E-state index contributed by atoms with van der Waals surface area (Å²) in [6.45, 7) is 7.70. The maximum atomic E-state index is 13.0. The molecule has 0 saturated carbocycles. The molecule has 0 bridgehead atoms. The van der Waals surface area contributed by atoms with E-state index >= 15 is 0 Å². The Hall–Kier alpha value is -1.86. The number of hydrogen-bond acceptors (Lipinski definition) is 3. The van der Waals surface area contributed by atoms with Crippen molar-refractivity contribution in [3.63, 3.8) is 0 Å². The predicted octanol–water partition coefficient (Wildman–Crippen LogP) is 2.98. The van der Waals surface area contributed by atoms with Gasteiger partial charge in [-0.25, -0.2) is 8.42 Å². The van der Waals surface area contributed by atoms with Crippen LogP contribution in [0.5, 0.6) is 0 Å². The van der Waals surface area contributed by atoms with Gasteiger partial charge in [0.1, 0.15) is 0 Å². The molecule has 1 amide bonds. The van der Waals surface area contributed by atoms with Crippen molar-refractivity contribution < 1.29 is 13.2 Å². The lowest BCUT2D eigenvalue weighted by Crippen LogP contribution is -2.44. The van der Waals surface area contributed by atoms with Crippen molar-refractivity contribution in [2.24, 2.45) is 5.92 Å². The standard InChI is InChI=1S/C20H29N3O3S/c1-4-15(3)21-20(24)16-9-12-23(13-10-16)27(25,26)18-6-7-19-17(14-18)8-11-22(19)5-2/h6-8,11,14-16H,4-5,9-10,12-13H2,1-3H3,(H,21,24)/t15-/m1/s1. The first-order chi connectivity index (χ1) is 12.9. The fourth-order valence-electron chi connectivity index (χ4n) is 3.58. The highest BCUT2D eigenvalue weighted by molar-refractivity contribution is 7.89. The minimum Gasteiger partial charge on any atom is -0.353 e. The summed E-state index contributed by atoms with van der Waals surface area (Å²) in [7, 11) is -3.54. The third-order valence-corrected chi connectivity index (χ3v) is 7.44. The van der Waals surface area contributed by atoms with Crippen LogP contribution in [0, 0.1) is 5.92 Å². The van der Waals surface area contributed by atoms with Crippen LogP contribution in [0.1, 0.15) is 40.0 Å². The van der Waals surface area contributed by atoms with Crippen LogP contribution >= 0.6 is 0 Å². The number of aryl methyl sites for hydroxylation is 1. The minimum atomic E-state index is -3.54. The number of aromatic nitrogens is 1. The van der Waals surface area contributed by atoms with E-state index in [4.69, 9.17) is 0 Å². The second-order valence-electron chi connectivity index (χ2n) is 7.32. The van der Waals surface area contributed by atoms with E-state index in [1.165, 1.54) is 4.31 Å². The third-order valence-electron chi connectivity index (χ3n) is 5.55. The zero-order valence-electron chi connectivity index (χ0n) is 16.3. The average molecular weight is 392 g/mol. The Labute approximate surface area is 161 Å². The average Bonchev–Trinajstić information content (AvgIpc) is 3.10. The number of nitrogens with zero attached hydrogens (tertiary/aromatic N) is 2. The maximum absolute atomic E-state index is 13.0. The van der Waals surface area contributed by atoms with Gasteiger partial charge in [0.25, 0.3) is 0 Å². The van der Waals surface area contributed by atoms with E-state index in [9.17, 15) is 13.2 Å². The molecule has 1 N–H and O–H groups in total. The lowest BCUT2D eigenvalue weighted by molar-refractivity contribution is -0.126. The zero-order chi connectivity index (χ0) is 19.6. The largest absolute Gasteiger partial charge is 0.353 e. The molecule has 1 fully saturated rings. The molecule has 0 spiro atoms. The van der Waals surface area contributed by atoms with Crippen LogP contribution in [0.15, 0.2) is 35.4 Å². The van der Waals surface area contributed by atoms with Crippen molar-refractivity contribution in [2.45, 2.75) is 57.5 Å². The Morgan fingerprint density at radius 1 is 1.22 bits per heavy atom. The molecule has 1 atom stereocenters. The molecule has 0 unspecified atom stereocenters. The molecule has 1 aliphatic rings. The van der Waals surface area contributed by atoms with Crippen LogP contribution in [0.25, 0.3) is 10.9 Å². The Bertz CT molecular complexity index is 912. The van der Waals surface area contributed by atoms with Crippen molar-refractivity contribution in [1.29, 1.82) is 0 Å². The first kappa shape index (κ1) is 19.9. The molecule has 6 nitrogen and oxygen atoms in total. The van der Waals surface area contributed by atoms with Gasteiger partial charge in [-0.1, -0.05) is 6.92 Å². The van der Waals surface area contributed by atoms with Crippen LogP contribution in [0.2, 0.25) is 0 Å². The number of piperidine rings is 1. The first-order valence-electron chi connectivity index (χ1n) is 9.76. The Morgan fingerprint density at radius 3 is 2.56 bits per heavy atom. The van der Waals surface area contributed by atoms with E-state index in [0.29, 0.717) is 30.8 Å². The molecular weight excluding hydrogens is 362 g/mol. The predicted molar refractivity (Wildman–Crippen MR) is 107 cm³/mol. The Kier molecular flexibility index (Phi) is 5.91. The number of amides is 1. The van der Waals surface area contributed by atoms with Gasteiger partial charge in [0.15, 0.2) is 0 Å². The summed E-state index contributed by atoms with van der Waals surface area (Å²) in [5.41, 5.74) is 1.04. The summed E-state index contributed by atoms with van der Waals surface area (Å²) in [5.74, 6) is -0.0600. The molecule has 7 heteroatoms. The summed E-state index contributed by atoms with van der Waals surface area (Å²) in [5, 5.41) is 3.93. The Balaban J connectivity index is 1.71. The van der Waals surface area contributed by atoms with Gasteiger partial charge in [0, 0.05) is 48.7 Å². The van der Waals surface area contributed by atoms with Gasteiger partial charge in [-0.05, 0) is 57.4 Å². The summed E-state index contributed by atoms with van der Waals surface area (Å²) in [6, 6.07) is 7.41. The fraction of sp³-hybridized carbons (Fsp3) is 0.550. The summed E-state index contributed by atoms with van der Waals surface area (Å²) in [6.07, 6.45) is 4.00. The number of benzene rings is 1. The summed E-state index contributed by atoms with van der Waals surface area (Å²) >= 11 is 0. The van der Waals surface area contributed by atoms with Crippen LogP contribution in [-0.2, 0) is 21.4 Å². The number of nitrogens with one attached hydrogen (secondary N) is 1. The fourth-order valence-corrected chi connectivity index (χ4v) is 5.09. The second kappa shape index (κ2) is 8.02. The van der Waals surface area contributed by atoms with E-state index in [1.54, 1.807) is 12.1 Å². The molecule has 0 radical (unpaired) electrons. The van der Waals surface area contributed by atoms with E-state index in [-0.39, 0.29) is 17.9 Å². The van der Waals surface area contributed by atoms with Crippen LogP contribution in [0.4, 0.5) is 0 Å². The molecule has 2 aromatic rings. The number of carbonyl (C=O) groups is 1. The van der Waals surface area contributed by atoms with E-state index < -0.39 is 10.0 Å². The summed E-state index contributed by atoms with van der Waals surface area (Å²) in [4.78, 5) is 12.6. The van der Waals surface area contributed by atoms with Crippen molar-refractivity contribution in [2.75, 3.05) is 13.1 Å². The molecule has 0 aliphatic carbocycles. The number of carbonyl (C=O) groups excluding carboxylic acids is 1. The molecule has 27 heavy (non-hydrogen) atoms. The topological polar surface area (TPSA) is 71.4 Å². The lowest BCUT2D eigenvalue weighted by atomic mass is 9.97. The van der Waals surface area contributed by atoms with Crippen molar-refractivity contribution in [3.8, 4) is 0 Å². The van der Waals surface area contributed by atoms with Gasteiger partial charge >= 0.3 is 0 Å². The smallest absolute Gasteiger partial charge is 0.243 e. The molecule has 148 valence electrons. The van der Waals surface area contributed by atoms with Gasteiger partial charge in [-0.2, -0.15) is 4.31 Å². The number of hydrogen-bond donors (Lipinski definition) is 1. The third kappa shape index (κ3) is 4.04. The number of rotatable bonds is 6. The van der Waals surface area contributed by atoms with Crippen molar-refractivity contribution >= 4 is 26.8 Å². The molecule has 2 heterocycles. The Morgan fingerprint density at radius 2 is 1.93 bits per heavy atom. The second-order valence-corrected chi connectivity index (χ2v) is 9.26. The van der Waals surface area contributed by atoms with E-state index in [0.717, 1.165) is 23.9 Å². The molecule has 1 aliphatic heterocycles. The quantitative estimate of drug-likeness (QED) is 0.823. The highest BCUT2D eigenvalue weighted by atomic mass is 32.2. The van der Waals surface area contributed by atoms with Crippen LogP contribution in [-0.4, -0.2) is 42.3 Å². The molecular formula is C20H29N3O3S. The molecule has 3 rings (SSSR count). The normalized spacial score (nSPS) is 17.9. The molecule has 1 aromatic heterocycles. The van der Waals surface area contributed by atoms with Crippen molar-refractivity contribution in [3.05, 3.63) is 30.5 Å². The highest BCUT2D eigenvalue weighted by Gasteiger charge is 2.32. The molecule has 1 aromatic carbocycles. The number of sulfonamides is 1. The van der Waals surface area contributed by atoms with E-state index in [2.05, 4.69) is 16.8 Å². The zero-order valence-corrected chi connectivity index (χ0v) is 17.1. The SMILES string of the molecule is CC[C@@H](C)NC(=O)C1CCN(S(=O)(=O)c2ccc3c(ccn3CC)c2)CC1. The van der Waals surface area contributed by atoms with Crippen molar-refractivity contribution in [1.82, 2.24) is 14.2 Å². The van der Waals surface area contributed by atoms with Gasteiger partial charge in [0.05, 0.1) is 4.90 Å². The van der Waals surface area contributed by atoms with Gasteiger partial charge in [-0.3, -0.25) is 4.79 Å². The van der Waals surface area contributed by atoms with Crippen LogP contribution in [0.3, 0.4) is 0 Å². The van der Waals surface area contributed by atoms with E-state index in [1.807, 2.05) is 32.2 Å². The van der Waals surface area contributed by atoms with Gasteiger partial charge < -0.3 is 9.88 Å². The maximum Gasteiger partial charge on any atom is 0.243 e. The molecule has 1 saturated heterocycles. The van der Waals surface area contributed by atoms with Gasteiger partial charge in [0.2, 0.25) is 15.9 Å².